The number of carbonyl (C=O) groups is 1. The van der Waals surface area contributed by atoms with Crippen LogP contribution in [0.1, 0.15) is 25.7 Å². The van der Waals surface area contributed by atoms with Crippen LogP contribution >= 0.6 is 23.2 Å². The van der Waals surface area contributed by atoms with Gasteiger partial charge in [0, 0.05) is 19.0 Å². The topological polar surface area (TPSA) is 50.4 Å². The van der Waals surface area contributed by atoms with Crippen molar-refractivity contribution in [3.63, 3.8) is 0 Å². The molecule has 0 aromatic heterocycles. The maximum Gasteiger partial charge on any atom is 0.220 e. The van der Waals surface area contributed by atoms with Crippen LogP contribution in [0.2, 0.25) is 10.0 Å². The van der Waals surface area contributed by atoms with Crippen molar-refractivity contribution in [2.75, 3.05) is 19.7 Å². The van der Waals surface area contributed by atoms with Crippen molar-refractivity contribution in [3.8, 4) is 5.75 Å². The summed E-state index contributed by atoms with van der Waals surface area (Å²) in [6.45, 7) is 2.20. The summed E-state index contributed by atoms with van der Waals surface area (Å²) in [7, 11) is 0. The standard InChI is InChI=1S/C15H20Cl2N2O2/c16-12-5-1-6-13(15(12)17)21-9-3-7-14(20)19-10-11-4-2-8-18-11/h1,5-6,11,18H,2-4,7-10H2,(H,19,20). The lowest BCUT2D eigenvalue weighted by Crippen LogP contribution is -2.37. The molecule has 1 aliphatic heterocycles. The average Bonchev–Trinajstić information content (AvgIpc) is 2.99. The van der Waals surface area contributed by atoms with Gasteiger partial charge in [-0.05, 0) is 37.9 Å². The maximum atomic E-state index is 11.7. The average molecular weight is 331 g/mol. The Labute approximate surface area is 135 Å². The van der Waals surface area contributed by atoms with Gasteiger partial charge in [0.15, 0.2) is 0 Å². The lowest BCUT2D eigenvalue weighted by Gasteiger charge is -2.12. The Bertz CT molecular complexity index is 477. The van der Waals surface area contributed by atoms with Crippen LogP contribution in [0.3, 0.4) is 0 Å². The molecule has 2 rings (SSSR count). The largest absolute Gasteiger partial charge is 0.492 e. The first-order valence-electron chi connectivity index (χ1n) is 7.23. The second-order valence-electron chi connectivity index (χ2n) is 5.10. The molecule has 0 saturated carbocycles. The van der Waals surface area contributed by atoms with E-state index in [1.165, 1.54) is 6.42 Å². The van der Waals surface area contributed by atoms with E-state index in [1.54, 1.807) is 18.2 Å². The Morgan fingerprint density at radius 2 is 2.29 bits per heavy atom. The zero-order valence-corrected chi connectivity index (χ0v) is 13.3. The predicted octanol–water partition coefficient (Wildman–Crippen LogP) is 3.02. The van der Waals surface area contributed by atoms with Gasteiger partial charge in [0.25, 0.3) is 0 Å². The highest BCUT2D eigenvalue weighted by molar-refractivity contribution is 6.42. The van der Waals surface area contributed by atoms with E-state index in [0.29, 0.717) is 47.8 Å². The molecule has 1 aromatic rings. The van der Waals surface area contributed by atoms with E-state index in [-0.39, 0.29) is 5.91 Å². The highest BCUT2D eigenvalue weighted by Crippen LogP contribution is 2.31. The predicted molar refractivity (Wildman–Crippen MR) is 85.2 cm³/mol. The minimum absolute atomic E-state index is 0.0597. The third-order valence-corrected chi connectivity index (χ3v) is 4.23. The maximum absolute atomic E-state index is 11.7. The van der Waals surface area contributed by atoms with Crippen LogP contribution in [-0.2, 0) is 4.79 Å². The molecule has 1 aromatic carbocycles. The van der Waals surface area contributed by atoms with Crippen molar-refractivity contribution < 1.29 is 9.53 Å². The number of hydrogen-bond acceptors (Lipinski definition) is 3. The number of rotatable bonds is 7. The molecule has 0 aliphatic carbocycles. The summed E-state index contributed by atoms with van der Waals surface area (Å²) in [5, 5.41) is 7.17. The highest BCUT2D eigenvalue weighted by Gasteiger charge is 2.14. The third kappa shape index (κ3) is 5.38. The molecule has 1 unspecified atom stereocenters. The number of carbonyl (C=O) groups excluding carboxylic acids is 1. The van der Waals surface area contributed by atoms with E-state index in [2.05, 4.69) is 10.6 Å². The smallest absolute Gasteiger partial charge is 0.220 e. The number of benzene rings is 1. The molecule has 1 saturated heterocycles. The van der Waals surface area contributed by atoms with Crippen molar-refractivity contribution in [2.24, 2.45) is 0 Å². The molecule has 0 spiro atoms. The molecule has 116 valence electrons. The number of amides is 1. The van der Waals surface area contributed by atoms with Crippen LogP contribution in [0.4, 0.5) is 0 Å². The van der Waals surface area contributed by atoms with Crippen molar-refractivity contribution in [2.45, 2.75) is 31.7 Å². The van der Waals surface area contributed by atoms with Crippen molar-refractivity contribution in [3.05, 3.63) is 28.2 Å². The van der Waals surface area contributed by atoms with E-state index in [1.807, 2.05) is 0 Å². The van der Waals surface area contributed by atoms with Gasteiger partial charge < -0.3 is 15.4 Å². The summed E-state index contributed by atoms with van der Waals surface area (Å²) in [4.78, 5) is 11.7. The Morgan fingerprint density at radius 3 is 3.05 bits per heavy atom. The second-order valence-corrected chi connectivity index (χ2v) is 5.89. The summed E-state index contributed by atoms with van der Waals surface area (Å²) >= 11 is 11.9. The van der Waals surface area contributed by atoms with Gasteiger partial charge in [0.05, 0.1) is 11.6 Å². The highest BCUT2D eigenvalue weighted by atomic mass is 35.5. The molecule has 21 heavy (non-hydrogen) atoms. The molecule has 0 bridgehead atoms. The first kappa shape index (κ1) is 16.4. The van der Waals surface area contributed by atoms with Gasteiger partial charge in [0.2, 0.25) is 5.91 Å². The quantitative estimate of drug-likeness (QED) is 0.755. The Balaban J connectivity index is 1.60. The van der Waals surface area contributed by atoms with Crippen LogP contribution in [0.15, 0.2) is 18.2 Å². The molecule has 1 fully saturated rings. The lowest BCUT2D eigenvalue weighted by molar-refractivity contribution is -0.121. The summed E-state index contributed by atoms with van der Waals surface area (Å²) in [5.74, 6) is 0.615. The van der Waals surface area contributed by atoms with Crippen molar-refractivity contribution in [1.82, 2.24) is 10.6 Å². The number of nitrogens with one attached hydrogen (secondary N) is 2. The molecule has 1 aliphatic rings. The van der Waals surface area contributed by atoms with Crippen molar-refractivity contribution >= 4 is 29.1 Å². The first-order valence-corrected chi connectivity index (χ1v) is 7.99. The molecule has 2 N–H and O–H groups in total. The Morgan fingerprint density at radius 1 is 1.43 bits per heavy atom. The van der Waals surface area contributed by atoms with Gasteiger partial charge in [-0.15, -0.1) is 0 Å². The van der Waals surface area contributed by atoms with Crippen LogP contribution in [-0.4, -0.2) is 31.6 Å². The van der Waals surface area contributed by atoms with Gasteiger partial charge >= 0.3 is 0 Å². The summed E-state index contributed by atoms with van der Waals surface area (Å²) < 4.78 is 5.54. The molecule has 6 heteroatoms. The van der Waals surface area contributed by atoms with Crippen molar-refractivity contribution in [1.29, 1.82) is 0 Å². The van der Waals surface area contributed by atoms with Crippen LogP contribution in [0.5, 0.6) is 5.75 Å². The van der Waals surface area contributed by atoms with E-state index in [0.717, 1.165) is 13.0 Å². The van der Waals surface area contributed by atoms with Gasteiger partial charge in [-0.25, -0.2) is 0 Å². The molecule has 1 amide bonds. The third-order valence-electron chi connectivity index (χ3n) is 3.43. The minimum atomic E-state index is 0.0597. The fourth-order valence-corrected chi connectivity index (χ4v) is 2.61. The Kier molecular flexibility index (Phi) is 6.61. The monoisotopic (exact) mass is 330 g/mol. The van der Waals surface area contributed by atoms with E-state index >= 15 is 0 Å². The first-order chi connectivity index (χ1) is 10.2. The van der Waals surface area contributed by atoms with E-state index in [9.17, 15) is 4.79 Å². The summed E-state index contributed by atoms with van der Waals surface area (Å²) in [6, 6.07) is 5.68. The molecule has 1 heterocycles. The molecule has 0 radical (unpaired) electrons. The molecule has 4 nitrogen and oxygen atoms in total. The van der Waals surface area contributed by atoms with Crippen LogP contribution < -0.4 is 15.4 Å². The molecular weight excluding hydrogens is 311 g/mol. The van der Waals surface area contributed by atoms with Gasteiger partial charge in [-0.1, -0.05) is 29.3 Å². The number of halogens is 2. The summed E-state index contributed by atoms with van der Waals surface area (Å²) in [5.41, 5.74) is 0. The minimum Gasteiger partial charge on any atom is -0.492 e. The molecular formula is C15H20Cl2N2O2. The number of hydrogen-bond donors (Lipinski definition) is 2. The van der Waals surface area contributed by atoms with Crippen LogP contribution in [0, 0.1) is 0 Å². The number of ether oxygens (including phenoxy) is 1. The molecule has 1 atom stereocenters. The van der Waals surface area contributed by atoms with Gasteiger partial charge in [-0.2, -0.15) is 0 Å². The van der Waals surface area contributed by atoms with Gasteiger partial charge in [0.1, 0.15) is 10.8 Å². The fraction of sp³-hybridized carbons (Fsp3) is 0.533. The second kappa shape index (κ2) is 8.47. The van der Waals surface area contributed by atoms with Gasteiger partial charge in [-0.3, -0.25) is 4.79 Å². The zero-order valence-electron chi connectivity index (χ0n) is 11.8. The summed E-state index contributed by atoms with van der Waals surface area (Å²) in [6.07, 6.45) is 3.42. The zero-order chi connectivity index (χ0) is 15.1. The fourth-order valence-electron chi connectivity index (χ4n) is 2.27. The van der Waals surface area contributed by atoms with E-state index < -0.39 is 0 Å². The van der Waals surface area contributed by atoms with E-state index in [4.69, 9.17) is 27.9 Å². The lowest BCUT2D eigenvalue weighted by atomic mass is 10.2. The normalized spacial score (nSPS) is 17.7. The Hall–Kier alpha value is -0.970. The SMILES string of the molecule is O=C(CCCOc1cccc(Cl)c1Cl)NCC1CCCN1. The van der Waals surface area contributed by atoms with Crippen LogP contribution in [0.25, 0.3) is 0 Å².